The minimum Gasteiger partial charge on any atom is -0.480 e. The third kappa shape index (κ3) is 3.78. The standard InChI is InChI=1S/C19H19BrN2O5S/c20-14-8-28-16(21-14)19(27-7-15(23)24)9-18(10-19)11-22(12-18)17(25)26-6-13-4-2-1-3-5-13/h1-5,8H,6-7,9-12H2,(H,23,24). The van der Waals surface area contributed by atoms with Crippen molar-refractivity contribution in [3.63, 3.8) is 0 Å². The van der Waals surface area contributed by atoms with E-state index in [4.69, 9.17) is 14.6 Å². The van der Waals surface area contributed by atoms with E-state index in [9.17, 15) is 9.59 Å². The van der Waals surface area contributed by atoms with E-state index in [1.807, 2.05) is 35.7 Å². The van der Waals surface area contributed by atoms with Crippen LogP contribution in [0.4, 0.5) is 4.79 Å². The summed E-state index contributed by atoms with van der Waals surface area (Å²) < 4.78 is 11.8. The molecular formula is C19H19BrN2O5S. The van der Waals surface area contributed by atoms with Crippen LogP contribution in [-0.2, 0) is 26.5 Å². The molecule has 1 saturated carbocycles. The zero-order chi connectivity index (χ0) is 19.8. The van der Waals surface area contributed by atoms with Gasteiger partial charge in [0.2, 0.25) is 0 Å². The molecule has 2 aliphatic rings. The maximum Gasteiger partial charge on any atom is 0.410 e. The molecule has 7 nitrogen and oxygen atoms in total. The predicted molar refractivity (Wildman–Crippen MR) is 105 cm³/mol. The number of carbonyl (C=O) groups excluding carboxylic acids is 1. The van der Waals surface area contributed by atoms with Crippen LogP contribution in [-0.4, -0.2) is 46.7 Å². The number of amides is 1. The molecular weight excluding hydrogens is 448 g/mol. The number of hydrogen-bond acceptors (Lipinski definition) is 6. The molecule has 1 N–H and O–H groups in total. The van der Waals surface area contributed by atoms with Crippen LogP contribution in [0, 0.1) is 5.41 Å². The van der Waals surface area contributed by atoms with Crippen molar-refractivity contribution in [2.45, 2.75) is 25.0 Å². The highest BCUT2D eigenvalue weighted by atomic mass is 79.9. The molecule has 2 heterocycles. The second-order valence-electron chi connectivity index (χ2n) is 7.40. The summed E-state index contributed by atoms with van der Waals surface area (Å²) in [5.74, 6) is -1.00. The van der Waals surface area contributed by atoms with Crippen molar-refractivity contribution >= 4 is 39.3 Å². The maximum absolute atomic E-state index is 12.3. The minimum atomic E-state index is -1.00. The Morgan fingerprint density at radius 1 is 1.25 bits per heavy atom. The Morgan fingerprint density at radius 3 is 2.57 bits per heavy atom. The average Bonchev–Trinajstić information content (AvgIpc) is 3.05. The van der Waals surface area contributed by atoms with Gasteiger partial charge in [-0.1, -0.05) is 30.3 Å². The Balaban J connectivity index is 1.33. The van der Waals surface area contributed by atoms with Crippen molar-refractivity contribution in [3.8, 4) is 0 Å². The first kappa shape index (κ1) is 19.4. The first-order valence-electron chi connectivity index (χ1n) is 8.83. The van der Waals surface area contributed by atoms with Gasteiger partial charge in [0.05, 0.1) is 0 Å². The summed E-state index contributed by atoms with van der Waals surface area (Å²) in [6.07, 6.45) is 0.973. The number of nitrogens with zero attached hydrogens (tertiary/aromatic N) is 2. The Bertz CT molecular complexity index is 873. The molecule has 1 aliphatic heterocycles. The number of aliphatic carboxylic acids is 1. The predicted octanol–water partition coefficient (Wildman–Crippen LogP) is 3.63. The van der Waals surface area contributed by atoms with Crippen molar-refractivity contribution in [2.24, 2.45) is 5.41 Å². The number of likely N-dealkylation sites (tertiary alicyclic amines) is 1. The number of carboxylic acids is 1. The second kappa shape index (κ2) is 7.46. The maximum atomic E-state index is 12.3. The summed E-state index contributed by atoms with van der Waals surface area (Å²) >= 11 is 4.79. The molecule has 0 radical (unpaired) electrons. The van der Waals surface area contributed by atoms with Gasteiger partial charge >= 0.3 is 12.1 Å². The summed E-state index contributed by atoms with van der Waals surface area (Å²) in [6.45, 7) is 1.06. The number of aromatic nitrogens is 1. The highest BCUT2D eigenvalue weighted by molar-refractivity contribution is 9.10. The first-order valence-corrected chi connectivity index (χ1v) is 10.5. The van der Waals surface area contributed by atoms with Gasteiger partial charge in [-0.05, 0) is 34.3 Å². The number of benzene rings is 1. The Hall–Kier alpha value is -1.97. The number of ether oxygens (including phenoxy) is 2. The molecule has 1 saturated heterocycles. The van der Waals surface area contributed by atoms with Crippen LogP contribution in [0.15, 0.2) is 40.3 Å². The number of carbonyl (C=O) groups is 2. The lowest BCUT2D eigenvalue weighted by molar-refractivity contribution is -0.219. The van der Waals surface area contributed by atoms with E-state index in [-0.39, 0.29) is 24.7 Å². The average molecular weight is 467 g/mol. The van der Waals surface area contributed by atoms with Crippen molar-refractivity contribution < 1.29 is 24.2 Å². The van der Waals surface area contributed by atoms with Crippen LogP contribution in [0.25, 0.3) is 0 Å². The molecule has 28 heavy (non-hydrogen) atoms. The fraction of sp³-hybridized carbons (Fsp3) is 0.421. The van der Waals surface area contributed by atoms with Crippen LogP contribution in [0.3, 0.4) is 0 Å². The van der Waals surface area contributed by atoms with Gasteiger partial charge in [0.15, 0.2) is 0 Å². The lowest BCUT2D eigenvalue weighted by Crippen LogP contribution is -2.68. The topological polar surface area (TPSA) is 89.0 Å². The number of thiazole rings is 1. The lowest BCUT2D eigenvalue weighted by atomic mass is 9.55. The van der Waals surface area contributed by atoms with Crippen molar-refractivity contribution in [1.82, 2.24) is 9.88 Å². The van der Waals surface area contributed by atoms with E-state index < -0.39 is 11.6 Å². The fourth-order valence-electron chi connectivity index (χ4n) is 4.06. The molecule has 1 aliphatic carbocycles. The summed E-state index contributed by atoms with van der Waals surface area (Å²) in [4.78, 5) is 29.3. The van der Waals surface area contributed by atoms with Gasteiger partial charge in [0.1, 0.15) is 28.4 Å². The Labute approximate surface area is 174 Å². The number of hydrogen-bond donors (Lipinski definition) is 1. The van der Waals surface area contributed by atoms with Crippen molar-refractivity contribution in [2.75, 3.05) is 19.7 Å². The van der Waals surface area contributed by atoms with Gasteiger partial charge in [0.25, 0.3) is 0 Å². The zero-order valence-electron chi connectivity index (χ0n) is 15.0. The summed E-state index contributed by atoms with van der Waals surface area (Å²) in [7, 11) is 0. The van der Waals surface area contributed by atoms with E-state index in [0.717, 1.165) is 10.6 Å². The first-order chi connectivity index (χ1) is 13.4. The van der Waals surface area contributed by atoms with Crippen LogP contribution in [0.2, 0.25) is 0 Å². The van der Waals surface area contributed by atoms with Gasteiger partial charge in [-0.3, -0.25) is 0 Å². The summed E-state index contributed by atoms with van der Waals surface area (Å²) in [5, 5.41) is 11.6. The van der Waals surface area contributed by atoms with Crippen LogP contribution < -0.4 is 0 Å². The van der Waals surface area contributed by atoms with Gasteiger partial charge in [-0.2, -0.15) is 0 Å². The third-order valence-corrected chi connectivity index (χ3v) is 6.91. The van der Waals surface area contributed by atoms with Gasteiger partial charge in [-0.25, -0.2) is 14.6 Å². The molecule has 1 aromatic carbocycles. The molecule has 0 unspecified atom stereocenters. The molecule has 2 aromatic rings. The molecule has 1 spiro atoms. The molecule has 0 bridgehead atoms. The van der Waals surface area contributed by atoms with E-state index in [2.05, 4.69) is 20.9 Å². The molecule has 0 atom stereocenters. The molecule has 1 amide bonds. The lowest BCUT2D eigenvalue weighted by Gasteiger charge is -2.62. The smallest absolute Gasteiger partial charge is 0.410 e. The van der Waals surface area contributed by atoms with E-state index in [1.54, 1.807) is 4.90 Å². The number of rotatable bonds is 6. The Kier molecular flexibility index (Phi) is 5.15. The van der Waals surface area contributed by atoms with Crippen molar-refractivity contribution in [3.05, 3.63) is 50.9 Å². The minimum absolute atomic E-state index is 0.0532. The largest absolute Gasteiger partial charge is 0.480 e. The molecule has 9 heteroatoms. The third-order valence-electron chi connectivity index (χ3n) is 5.17. The molecule has 2 fully saturated rings. The van der Waals surface area contributed by atoms with Gasteiger partial charge in [0, 0.05) is 23.9 Å². The van der Waals surface area contributed by atoms with Crippen LogP contribution in [0.5, 0.6) is 0 Å². The van der Waals surface area contributed by atoms with Crippen LogP contribution >= 0.6 is 27.3 Å². The van der Waals surface area contributed by atoms with E-state index in [0.29, 0.717) is 30.5 Å². The Morgan fingerprint density at radius 2 is 1.96 bits per heavy atom. The van der Waals surface area contributed by atoms with Gasteiger partial charge in [-0.15, -0.1) is 11.3 Å². The van der Waals surface area contributed by atoms with E-state index >= 15 is 0 Å². The summed E-state index contributed by atoms with van der Waals surface area (Å²) in [6, 6.07) is 9.56. The van der Waals surface area contributed by atoms with Gasteiger partial charge < -0.3 is 19.5 Å². The molecule has 4 rings (SSSR count). The SMILES string of the molecule is O=C(O)COC1(c2nc(Br)cs2)CC2(CN(C(=O)OCc3ccccc3)C2)C1. The highest BCUT2D eigenvalue weighted by Crippen LogP contribution is 2.61. The second-order valence-corrected chi connectivity index (χ2v) is 9.07. The number of carboxylic acid groups (broad SMARTS) is 1. The normalized spacial score (nSPS) is 19.0. The zero-order valence-corrected chi connectivity index (χ0v) is 17.4. The number of halogens is 1. The van der Waals surface area contributed by atoms with E-state index in [1.165, 1.54) is 11.3 Å². The summed E-state index contributed by atoms with van der Waals surface area (Å²) in [5.41, 5.74) is 0.211. The monoisotopic (exact) mass is 466 g/mol. The highest BCUT2D eigenvalue weighted by Gasteiger charge is 2.63. The molecule has 148 valence electrons. The van der Waals surface area contributed by atoms with Crippen molar-refractivity contribution in [1.29, 1.82) is 0 Å². The van der Waals surface area contributed by atoms with Crippen LogP contribution in [0.1, 0.15) is 23.4 Å². The fourth-order valence-corrected chi connectivity index (χ4v) is 5.47. The quantitative estimate of drug-likeness (QED) is 0.698. The molecule has 1 aromatic heterocycles.